The number of carbonyl (C=O) groups is 3. The quantitative estimate of drug-likeness (QED) is 0.307. The second kappa shape index (κ2) is 12.8. The van der Waals surface area contributed by atoms with Crippen molar-refractivity contribution in [3.05, 3.63) is 52.7 Å². The van der Waals surface area contributed by atoms with Crippen molar-refractivity contribution < 1.29 is 27.6 Å². The van der Waals surface area contributed by atoms with Gasteiger partial charge in [0.1, 0.15) is 6.54 Å². The number of hydrogen-bond acceptors (Lipinski definition) is 7. The van der Waals surface area contributed by atoms with E-state index in [9.17, 15) is 27.6 Å². The van der Waals surface area contributed by atoms with Gasteiger partial charge in [-0.2, -0.15) is 23.5 Å². The Hall–Kier alpha value is -4.62. The molecule has 2 aliphatic rings. The highest BCUT2D eigenvalue weighted by Crippen LogP contribution is 2.36. The molecule has 1 saturated heterocycles. The number of nitrogens with one attached hydrogen (secondary N) is 4. The zero-order valence-electron chi connectivity index (χ0n) is 24.3. The van der Waals surface area contributed by atoms with Crippen LogP contribution in [0.4, 0.5) is 23.7 Å². The van der Waals surface area contributed by atoms with Crippen molar-refractivity contribution in [1.82, 2.24) is 40.2 Å². The summed E-state index contributed by atoms with van der Waals surface area (Å²) < 4.78 is 42.9. The van der Waals surface area contributed by atoms with Crippen LogP contribution < -0.4 is 21.3 Å². The Kier molecular flexibility index (Phi) is 9.03. The van der Waals surface area contributed by atoms with Gasteiger partial charge in [0.15, 0.2) is 11.5 Å². The molecule has 238 valence electrons. The van der Waals surface area contributed by atoms with E-state index in [-0.39, 0.29) is 64.1 Å². The van der Waals surface area contributed by atoms with E-state index in [0.717, 1.165) is 23.6 Å². The third-order valence-corrected chi connectivity index (χ3v) is 7.97. The van der Waals surface area contributed by atoms with Crippen LogP contribution in [0, 0.1) is 11.3 Å². The van der Waals surface area contributed by atoms with Gasteiger partial charge < -0.3 is 30.7 Å². The standard InChI is InChI=1S/C28H30ClF3N10O3/c1-15-13-41(8-6-34-15)27(45)38-18-9-17(10-18)37-25(43)19-4-3-16(11-21(19)29)36-26(44)24-35-12-22(40(24)2)20-14-42(7-5-33)39-23(20)28(30,31)32/h3-4,11-12,14-15,17-18,34H,6-10,13H2,1-2H3,(H,36,44)(H,37,43)(H,38,45). The fraction of sp³-hybridized carbons (Fsp3) is 0.429. The van der Waals surface area contributed by atoms with E-state index in [0.29, 0.717) is 25.9 Å². The van der Waals surface area contributed by atoms with E-state index in [1.807, 2.05) is 6.92 Å². The van der Waals surface area contributed by atoms with Crippen molar-refractivity contribution in [2.45, 2.75) is 50.6 Å². The predicted molar refractivity (Wildman–Crippen MR) is 156 cm³/mol. The van der Waals surface area contributed by atoms with Crippen LogP contribution in [-0.4, -0.2) is 79.8 Å². The summed E-state index contributed by atoms with van der Waals surface area (Å²) in [4.78, 5) is 44.1. The fourth-order valence-corrected chi connectivity index (χ4v) is 5.57. The van der Waals surface area contributed by atoms with Crippen LogP contribution in [0.15, 0.2) is 30.6 Å². The first-order chi connectivity index (χ1) is 21.3. The summed E-state index contributed by atoms with van der Waals surface area (Å²) in [5, 5.41) is 24.2. The molecule has 4 N–H and O–H groups in total. The molecule has 3 heterocycles. The number of nitrogens with zero attached hydrogens (tertiary/aromatic N) is 6. The Morgan fingerprint density at radius 3 is 2.58 bits per heavy atom. The van der Waals surface area contributed by atoms with E-state index >= 15 is 0 Å². The zero-order chi connectivity index (χ0) is 32.5. The van der Waals surface area contributed by atoms with Crippen molar-refractivity contribution in [3.63, 3.8) is 0 Å². The molecule has 0 spiro atoms. The van der Waals surface area contributed by atoms with Gasteiger partial charge in [-0.25, -0.2) is 9.78 Å². The summed E-state index contributed by atoms with van der Waals surface area (Å²) in [7, 11) is 1.38. The smallest absolute Gasteiger partial charge is 0.349 e. The van der Waals surface area contributed by atoms with Crippen LogP contribution in [0.3, 0.4) is 0 Å². The van der Waals surface area contributed by atoms with E-state index in [1.165, 1.54) is 29.8 Å². The molecule has 1 atom stereocenters. The van der Waals surface area contributed by atoms with Gasteiger partial charge in [-0.15, -0.1) is 0 Å². The lowest BCUT2D eigenvalue weighted by atomic mass is 9.86. The Bertz CT molecular complexity index is 1660. The number of urea groups is 1. The summed E-state index contributed by atoms with van der Waals surface area (Å²) in [6.45, 7) is 3.65. The predicted octanol–water partition coefficient (Wildman–Crippen LogP) is 3.00. The normalized spacial score (nSPS) is 19.8. The summed E-state index contributed by atoms with van der Waals surface area (Å²) in [5.74, 6) is -1.33. The molecule has 1 aliphatic carbocycles. The molecule has 5 rings (SSSR count). The third kappa shape index (κ3) is 7.04. The Labute approximate surface area is 260 Å². The minimum absolute atomic E-state index is 0.0297. The minimum atomic E-state index is -4.80. The van der Waals surface area contributed by atoms with Gasteiger partial charge in [-0.1, -0.05) is 11.6 Å². The van der Waals surface area contributed by atoms with Crippen LogP contribution in [0.1, 0.15) is 46.4 Å². The van der Waals surface area contributed by atoms with Crippen LogP contribution >= 0.6 is 11.6 Å². The van der Waals surface area contributed by atoms with E-state index < -0.39 is 23.7 Å². The molecule has 3 aromatic rings. The fourth-order valence-electron chi connectivity index (χ4n) is 5.31. The number of anilines is 1. The monoisotopic (exact) mass is 646 g/mol. The number of carbonyl (C=O) groups excluding carboxylic acids is 3. The molecule has 0 radical (unpaired) electrons. The number of rotatable bonds is 7. The van der Waals surface area contributed by atoms with Crippen LogP contribution in [-0.2, 0) is 19.8 Å². The molecule has 1 unspecified atom stereocenters. The van der Waals surface area contributed by atoms with Crippen LogP contribution in [0.2, 0.25) is 5.02 Å². The van der Waals surface area contributed by atoms with Crippen molar-refractivity contribution >= 4 is 35.1 Å². The first-order valence-corrected chi connectivity index (χ1v) is 14.5. The van der Waals surface area contributed by atoms with Crippen LogP contribution in [0.5, 0.6) is 0 Å². The number of amides is 4. The highest BCUT2D eigenvalue weighted by atomic mass is 35.5. The first-order valence-electron chi connectivity index (χ1n) is 14.1. The van der Waals surface area contributed by atoms with Gasteiger partial charge in [-0.3, -0.25) is 14.3 Å². The van der Waals surface area contributed by atoms with Gasteiger partial charge in [-0.05, 0) is 38.0 Å². The lowest BCUT2D eigenvalue weighted by molar-refractivity contribution is -0.141. The highest BCUT2D eigenvalue weighted by molar-refractivity contribution is 6.34. The van der Waals surface area contributed by atoms with Gasteiger partial charge in [0.25, 0.3) is 11.8 Å². The highest BCUT2D eigenvalue weighted by Gasteiger charge is 2.39. The molecular formula is C28H30ClF3N10O3. The number of alkyl halides is 3. The maximum absolute atomic E-state index is 13.6. The maximum atomic E-state index is 13.6. The number of piperazine rings is 1. The lowest BCUT2D eigenvalue weighted by Crippen LogP contribution is -2.59. The van der Waals surface area contributed by atoms with E-state index in [1.54, 1.807) is 11.0 Å². The van der Waals surface area contributed by atoms with E-state index in [2.05, 4.69) is 31.3 Å². The summed E-state index contributed by atoms with van der Waals surface area (Å²) in [5.41, 5.74) is -1.15. The molecule has 2 fully saturated rings. The zero-order valence-corrected chi connectivity index (χ0v) is 25.0. The summed E-state index contributed by atoms with van der Waals surface area (Å²) in [6, 6.07) is 5.97. The Balaban J connectivity index is 1.18. The number of nitriles is 1. The summed E-state index contributed by atoms with van der Waals surface area (Å²) >= 11 is 6.36. The number of benzene rings is 1. The molecule has 0 bridgehead atoms. The minimum Gasteiger partial charge on any atom is -0.349 e. The molecule has 2 aromatic heterocycles. The van der Waals surface area contributed by atoms with Gasteiger partial charge in [0.05, 0.1) is 34.1 Å². The molecule has 1 aliphatic heterocycles. The largest absolute Gasteiger partial charge is 0.435 e. The second-order valence-electron chi connectivity index (χ2n) is 11.0. The van der Waals surface area contributed by atoms with Gasteiger partial charge >= 0.3 is 12.2 Å². The number of halogens is 4. The molecule has 1 aromatic carbocycles. The SMILES string of the molecule is CC1CN(C(=O)NC2CC(NC(=O)c3ccc(NC(=O)c4ncc(-c5cn(CC#N)nc5C(F)(F)F)n4C)cc3Cl)C2)CCN1. The topological polar surface area (TPSA) is 162 Å². The Morgan fingerprint density at radius 1 is 1.18 bits per heavy atom. The average Bonchev–Trinajstić information content (AvgIpc) is 3.55. The first kappa shape index (κ1) is 31.8. The molecular weight excluding hydrogens is 617 g/mol. The third-order valence-electron chi connectivity index (χ3n) is 7.66. The molecule has 13 nitrogen and oxygen atoms in total. The molecule has 4 amide bonds. The second-order valence-corrected chi connectivity index (χ2v) is 11.4. The van der Waals surface area contributed by atoms with Crippen molar-refractivity contribution in [3.8, 4) is 17.3 Å². The maximum Gasteiger partial charge on any atom is 0.435 e. The number of hydrogen-bond donors (Lipinski definition) is 4. The van der Waals surface area contributed by atoms with Crippen molar-refractivity contribution in [1.29, 1.82) is 5.26 Å². The number of imidazole rings is 1. The molecule has 17 heteroatoms. The van der Waals surface area contributed by atoms with E-state index in [4.69, 9.17) is 16.9 Å². The van der Waals surface area contributed by atoms with Gasteiger partial charge in [0.2, 0.25) is 0 Å². The molecule has 1 saturated carbocycles. The average molecular weight is 647 g/mol. The number of aromatic nitrogens is 4. The van der Waals surface area contributed by atoms with Crippen molar-refractivity contribution in [2.75, 3.05) is 25.0 Å². The molecule has 45 heavy (non-hydrogen) atoms. The summed E-state index contributed by atoms with van der Waals surface area (Å²) in [6.07, 6.45) is -1.45. The van der Waals surface area contributed by atoms with Crippen molar-refractivity contribution in [2.24, 2.45) is 7.05 Å². The van der Waals surface area contributed by atoms with Gasteiger partial charge in [0, 0.05) is 56.7 Å². The van der Waals surface area contributed by atoms with Crippen LogP contribution in [0.25, 0.3) is 11.3 Å². The lowest BCUT2D eigenvalue weighted by Gasteiger charge is -2.39. The Morgan fingerprint density at radius 2 is 1.91 bits per heavy atom.